The number of hydrogen-bond donors (Lipinski definition) is 2. The molecule has 0 unspecified atom stereocenters. The number of rotatable bonds is 5. The molecule has 0 aliphatic heterocycles. The number of anilines is 1. The fraction of sp³-hybridized carbons (Fsp3) is 0.667. The van der Waals surface area contributed by atoms with Gasteiger partial charge in [0.2, 0.25) is 5.95 Å². The first-order valence-corrected chi connectivity index (χ1v) is 5.97. The highest BCUT2D eigenvalue weighted by Crippen LogP contribution is 2.19. The molecule has 16 heavy (non-hydrogen) atoms. The minimum Gasteiger partial charge on any atom is -0.352 e. The smallest absolute Gasteiger partial charge is 0.223 e. The van der Waals surface area contributed by atoms with Crippen LogP contribution in [0.4, 0.5) is 5.95 Å². The van der Waals surface area contributed by atoms with E-state index >= 15 is 0 Å². The van der Waals surface area contributed by atoms with E-state index in [1.165, 1.54) is 18.4 Å². The second-order valence-corrected chi connectivity index (χ2v) is 4.76. The molecule has 0 radical (unpaired) electrons. The fourth-order valence-corrected chi connectivity index (χ4v) is 1.54. The zero-order valence-corrected chi connectivity index (χ0v) is 10.2. The van der Waals surface area contributed by atoms with Gasteiger partial charge in [0.05, 0.1) is 0 Å². The van der Waals surface area contributed by atoms with Crippen molar-refractivity contribution in [2.24, 2.45) is 0 Å². The Morgan fingerprint density at radius 3 is 2.75 bits per heavy atom. The zero-order chi connectivity index (χ0) is 11.5. The van der Waals surface area contributed by atoms with Gasteiger partial charge in [-0.05, 0) is 33.6 Å². The van der Waals surface area contributed by atoms with Gasteiger partial charge >= 0.3 is 0 Å². The van der Waals surface area contributed by atoms with Crippen molar-refractivity contribution in [2.75, 3.05) is 5.32 Å². The van der Waals surface area contributed by atoms with Crippen LogP contribution in [0.5, 0.6) is 0 Å². The standard InChI is InChI=1S/C12H20N4/c1-8(2)15-12-14-7-10(9(3)16-12)6-13-11-4-5-11/h7-8,11,13H,4-6H2,1-3H3,(H,14,15,16). The highest BCUT2D eigenvalue weighted by molar-refractivity contribution is 5.29. The predicted molar refractivity (Wildman–Crippen MR) is 65.4 cm³/mol. The van der Waals surface area contributed by atoms with Gasteiger partial charge in [0.25, 0.3) is 0 Å². The Balaban J connectivity index is 1.97. The summed E-state index contributed by atoms with van der Waals surface area (Å²) in [6, 6.07) is 1.10. The topological polar surface area (TPSA) is 49.8 Å². The van der Waals surface area contributed by atoms with Crippen molar-refractivity contribution in [1.29, 1.82) is 0 Å². The lowest BCUT2D eigenvalue weighted by Crippen LogP contribution is -2.18. The van der Waals surface area contributed by atoms with E-state index in [2.05, 4.69) is 34.4 Å². The summed E-state index contributed by atoms with van der Waals surface area (Å²) >= 11 is 0. The molecular weight excluding hydrogens is 200 g/mol. The largest absolute Gasteiger partial charge is 0.352 e. The number of aryl methyl sites for hydroxylation is 1. The minimum atomic E-state index is 0.370. The maximum absolute atomic E-state index is 4.45. The SMILES string of the molecule is Cc1nc(NC(C)C)ncc1CNC1CC1. The lowest BCUT2D eigenvalue weighted by atomic mass is 10.2. The molecule has 1 aromatic heterocycles. The van der Waals surface area contributed by atoms with Crippen LogP contribution in [-0.4, -0.2) is 22.1 Å². The summed E-state index contributed by atoms with van der Waals surface area (Å²) in [6.45, 7) is 7.10. The molecule has 1 heterocycles. The van der Waals surface area contributed by atoms with Crippen molar-refractivity contribution in [2.45, 2.75) is 52.2 Å². The van der Waals surface area contributed by atoms with Crippen LogP contribution in [-0.2, 0) is 6.54 Å². The predicted octanol–water partition coefficient (Wildman–Crippen LogP) is 1.86. The molecule has 1 fully saturated rings. The molecule has 1 aliphatic carbocycles. The summed E-state index contributed by atoms with van der Waals surface area (Å²) in [5.41, 5.74) is 2.26. The van der Waals surface area contributed by atoms with Crippen molar-refractivity contribution in [3.8, 4) is 0 Å². The van der Waals surface area contributed by atoms with Gasteiger partial charge < -0.3 is 10.6 Å². The molecule has 0 bridgehead atoms. The lowest BCUT2D eigenvalue weighted by molar-refractivity contribution is 0.679. The van der Waals surface area contributed by atoms with Gasteiger partial charge in [-0.25, -0.2) is 9.97 Å². The van der Waals surface area contributed by atoms with Crippen LogP contribution in [0.3, 0.4) is 0 Å². The monoisotopic (exact) mass is 220 g/mol. The van der Waals surface area contributed by atoms with Gasteiger partial charge in [0.15, 0.2) is 0 Å². The Morgan fingerprint density at radius 1 is 1.44 bits per heavy atom. The van der Waals surface area contributed by atoms with E-state index in [4.69, 9.17) is 0 Å². The van der Waals surface area contributed by atoms with Gasteiger partial charge in [-0.3, -0.25) is 0 Å². The van der Waals surface area contributed by atoms with Gasteiger partial charge in [-0.2, -0.15) is 0 Å². The second kappa shape index (κ2) is 4.78. The molecule has 88 valence electrons. The Hall–Kier alpha value is -1.16. The fourth-order valence-electron chi connectivity index (χ4n) is 1.54. The van der Waals surface area contributed by atoms with Gasteiger partial charge in [0.1, 0.15) is 0 Å². The van der Waals surface area contributed by atoms with E-state index in [-0.39, 0.29) is 0 Å². The second-order valence-electron chi connectivity index (χ2n) is 4.76. The summed E-state index contributed by atoms with van der Waals surface area (Å²) < 4.78 is 0. The number of nitrogens with one attached hydrogen (secondary N) is 2. The van der Waals surface area contributed by atoms with Crippen molar-refractivity contribution in [1.82, 2.24) is 15.3 Å². The third-order valence-electron chi connectivity index (χ3n) is 2.66. The Bertz CT molecular complexity index is 358. The molecule has 0 saturated heterocycles. The van der Waals surface area contributed by atoms with Crippen LogP contribution in [0.1, 0.15) is 37.9 Å². The van der Waals surface area contributed by atoms with Crippen molar-refractivity contribution < 1.29 is 0 Å². The Kier molecular flexibility index (Phi) is 3.39. The van der Waals surface area contributed by atoms with E-state index in [0.29, 0.717) is 6.04 Å². The van der Waals surface area contributed by atoms with Crippen LogP contribution in [0.2, 0.25) is 0 Å². The van der Waals surface area contributed by atoms with Crippen molar-refractivity contribution >= 4 is 5.95 Å². The van der Waals surface area contributed by atoms with E-state index < -0.39 is 0 Å². The van der Waals surface area contributed by atoms with E-state index in [1.54, 1.807) is 0 Å². The third-order valence-corrected chi connectivity index (χ3v) is 2.66. The molecule has 0 atom stereocenters. The van der Waals surface area contributed by atoms with Crippen LogP contribution in [0.15, 0.2) is 6.20 Å². The molecule has 2 rings (SSSR count). The maximum atomic E-state index is 4.45. The summed E-state index contributed by atoms with van der Waals surface area (Å²) in [7, 11) is 0. The van der Waals surface area contributed by atoms with Crippen LogP contribution in [0.25, 0.3) is 0 Å². The third kappa shape index (κ3) is 3.17. The Morgan fingerprint density at radius 2 is 2.19 bits per heavy atom. The summed E-state index contributed by atoms with van der Waals surface area (Å²) in [5, 5.41) is 6.68. The molecule has 1 aromatic rings. The van der Waals surface area contributed by atoms with Crippen LogP contribution in [0, 0.1) is 6.92 Å². The number of hydrogen-bond acceptors (Lipinski definition) is 4. The number of nitrogens with zero attached hydrogens (tertiary/aromatic N) is 2. The zero-order valence-electron chi connectivity index (χ0n) is 10.2. The van der Waals surface area contributed by atoms with E-state index in [1.807, 2.05) is 13.1 Å². The first-order valence-electron chi connectivity index (χ1n) is 5.97. The van der Waals surface area contributed by atoms with Crippen LogP contribution < -0.4 is 10.6 Å². The molecule has 2 N–H and O–H groups in total. The molecule has 0 aromatic carbocycles. The molecular formula is C12H20N4. The molecule has 1 saturated carbocycles. The number of aromatic nitrogens is 2. The molecule has 4 heteroatoms. The van der Waals surface area contributed by atoms with Crippen molar-refractivity contribution in [3.05, 3.63) is 17.5 Å². The van der Waals surface area contributed by atoms with Gasteiger partial charge in [-0.15, -0.1) is 0 Å². The highest BCUT2D eigenvalue weighted by Gasteiger charge is 2.20. The van der Waals surface area contributed by atoms with Gasteiger partial charge in [-0.1, -0.05) is 0 Å². The average Bonchev–Trinajstić information content (AvgIpc) is 2.99. The summed E-state index contributed by atoms with van der Waals surface area (Å²) in [6.07, 6.45) is 4.54. The molecule has 0 spiro atoms. The van der Waals surface area contributed by atoms with Crippen LogP contribution >= 0.6 is 0 Å². The summed E-state index contributed by atoms with van der Waals surface area (Å²) in [5.74, 6) is 0.725. The molecule has 4 nitrogen and oxygen atoms in total. The van der Waals surface area contributed by atoms with Crippen molar-refractivity contribution in [3.63, 3.8) is 0 Å². The quantitative estimate of drug-likeness (QED) is 0.795. The average molecular weight is 220 g/mol. The minimum absolute atomic E-state index is 0.370. The van der Waals surface area contributed by atoms with Gasteiger partial charge in [0, 0.05) is 36.1 Å². The summed E-state index contributed by atoms with van der Waals surface area (Å²) in [4.78, 5) is 8.77. The van der Waals surface area contributed by atoms with E-state index in [9.17, 15) is 0 Å². The highest BCUT2D eigenvalue weighted by atomic mass is 15.1. The normalized spacial score (nSPS) is 15.5. The Labute approximate surface area is 96.9 Å². The van der Waals surface area contributed by atoms with E-state index in [0.717, 1.165) is 24.2 Å². The lowest BCUT2D eigenvalue weighted by Gasteiger charge is -2.11. The first kappa shape index (κ1) is 11.3. The first-order chi connectivity index (χ1) is 7.65. The molecule has 1 aliphatic rings. The maximum Gasteiger partial charge on any atom is 0.223 e. The molecule has 0 amide bonds.